The van der Waals surface area contributed by atoms with Crippen LogP contribution >= 0.6 is 12.4 Å². The smallest absolute Gasteiger partial charge is 0.224 e. The number of benzene rings is 2. The number of halogens is 1. The molecule has 26 heavy (non-hydrogen) atoms. The van der Waals surface area contributed by atoms with E-state index in [2.05, 4.69) is 11.4 Å². The molecule has 1 aliphatic carbocycles. The summed E-state index contributed by atoms with van der Waals surface area (Å²) in [5.74, 6) is 0.961. The second-order valence-electron chi connectivity index (χ2n) is 6.88. The molecule has 4 nitrogen and oxygen atoms in total. The minimum Gasteiger partial charge on any atom is -0.496 e. The maximum absolute atomic E-state index is 12.4. The Morgan fingerprint density at radius 1 is 1.12 bits per heavy atom. The summed E-state index contributed by atoms with van der Waals surface area (Å²) in [4.78, 5) is 12.4. The van der Waals surface area contributed by atoms with Crippen molar-refractivity contribution in [2.45, 2.75) is 37.5 Å². The monoisotopic (exact) mass is 374 g/mol. The minimum atomic E-state index is -0.0244. The van der Waals surface area contributed by atoms with Gasteiger partial charge in [-0.1, -0.05) is 43.2 Å². The number of rotatable bonds is 6. The van der Waals surface area contributed by atoms with Gasteiger partial charge >= 0.3 is 0 Å². The van der Waals surface area contributed by atoms with Gasteiger partial charge < -0.3 is 15.8 Å². The lowest BCUT2D eigenvalue weighted by atomic mass is 9.78. The van der Waals surface area contributed by atoms with E-state index >= 15 is 0 Å². The van der Waals surface area contributed by atoms with Crippen LogP contribution in [0, 0.1) is 0 Å². The van der Waals surface area contributed by atoms with Gasteiger partial charge in [0.15, 0.2) is 0 Å². The average molecular weight is 375 g/mol. The Labute approximate surface area is 161 Å². The highest BCUT2D eigenvalue weighted by Gasteiger charge is 2.37. The summed E-state index contributed by atoms with van der Waals surface area (Å²) in [5, 5.41) is 3.15. The largest absolute Gasteiger partial charge is 0.496 e. The molecule has 0 aromatic heterocycles. The fourth-order valence-electron chi connectivity index (χ4n) is 3.83. The van der Waals surface area contributed by atoms with Crippen molar-refractivity contribution in [1.29, 1.82) is 0 Å². The molecule has 0 heterocycles. The van der Waals surface area contributed by atoms with Gasteiger partial charge in [-0.05, 0) is 36.6 Å². The summed E-state index contributed by atoms with van der Waals surface area (Å²) >= 11 is 0. The number of amides is 1. The topological polar surface area (TPSA) is 64.3 Å². The van der Waals surface area contributed by atoms with Crippen molar-refractivity contribution in [3.8, 4) is 5.75 Å². The fraction of sp³-hybridized carbons (Fsp3) is 0.381. The van der Waals surface area contributed by atoms with E-state index in [4.69, 9.17) is 10.5 Å². The molecule has 0 aliphatic heterocycles. The van der Waals surface area contributed by atoms with E-state index in [1.807, 2.05) is 42.5 Å². The maximum Gasteiger partial charge on any atom is 0.224 e. The second kappa shape index (κ2) is 8.95. The van der Waals surface area contributed by atoms with Crippen LogP contribution in [0.4, 0.5) is 5.69 Å². The molecular weight excluding hydrogens is 348 g/mol. The van der Waals surface area contributed by atoms with Crippen molar-refractivity contribution in [1.82, 2.24) is 5.32 Å². The highest BCUT2D eigenvalue weighted by molar-refractivity contribution is 5.85. The Hall–Kier alpha value is -2.20. The van der Waals surface area contributed by atoms with Crippen LogP contribution in [0.2, 0.25) is 0 Å². The van der Waals surface area contributed by atoms with Crippen molar-refractivity contribution in [2.75, 3.05) is 19.4 Å². The molecule has 5 heteroatoms. The van der Waals surface area contributed by atoms with Gasteiger partial charge in [0.05, 0.1) is 13.5 Å². The van der Waals surface area contributed by atoms with Crippen molar-refractivity contribution in [2.24, 2.45) is 0 Å². The van der Waals surface area contributed by atoms with Crippen LogP contribution in [0.3, 0.4) is 0 Å². The van der Waals surface area contributed by atoms with Gasteiger partial charge in [-0.25, -0.2) is 0 Å². The Kier molecular flexibility index (Phi) is 6.92. The Bertz CT molecular complexity index is 725. The van der Waals surface area contributed by atoms with Gasteiger partial charge in [0.2, 0.25) is 5.91 Å². The number of hydrogen-bond acceptors (Lipinski definition) is 3. The van der Waals surface area contributed by atoms with Crippen molar-refractivity contribution in [3.05, 3.63) is 59.7 Å². The normalized spacial score (nSPS) is 15.1. The third-order valence-electron chi connectivity index (χ3n) is 5.21. The van der Waals surface area contributed by atoms with E-state index in [1.165, 1.54) is 18.4 Å². The number of hydrogen-bond donors (Lipinski definition) is 2. The highest BCUT2D eigenvalue weighted by atomic mass is 35.5. The zero-order valence-corrected chi connectivity index (χ0v) is 16.0. The van der Waals surface area contributed by atoms with Gasteiger partial charge in [-0.3, -0.25) is 4.79 Å². The number of nitrogens with one attached hydrogen (secondary N) is 1. The number of anilines is 1. The molecular formula is C21H27ClN2O2. The Morgan fingerprint density at radius 3 is 2.42 bits per heavy atom. The third-order valence-corrected chi connectivity index (χ3v) is 5.21. The molecule has 1 amide bonds. The number of methoxy groups -OCH3 is 1. The van der Waals surface area contributed by atoms with E-state index in [9.17, 15) is 4.79 Å². The Balaban J connectivity index is 0.00000243. The Morgan fingerprint density at radius 2 is 1.77 bits per heavy atom. The van der Waals surface area contributed by atoms with E-state index < -0.39 is 0 Å². The van der Waals surface area contributed by atoms with Crippen LogP contribution in [0.1, 0.15) is 36.8 Å². The predicted octanol–water partition coefficient (Wildman–Crippen LogP) is 3.87. The number of carbonyl (C=O) groups is 1. The molecule has 140 valence electrons. The quantitative estimate of drug-likeness (QED) is 0.754. The number of carbonyl (C=O) groups excluding carboxylic acids is 1. The number of nitrogens with two attached hydrogens (primary N) is 1. The van der Waals surface area contributed by atoms with E-state index in [0.717, 1.165) is 24.2 Å². The second-order valence-corrected chi connectivity index (χ2v) is 6.88. The molecule has 1 saturated carbocycles. The van der Waals surface area contributed by atoms with Crippen molar-refractivity contribution in [3.63, 3.8) is 0 Å². The standard InChI is InChI=1S/C21H26N2O2.ClH/c1-25-19-7-3-2-6-18(19)21(12-4-5-13-21)15-23-20(24)14-16-8-10-17(22)11-9-16;/h2-3,6-11H,4-5,12-15,22H2,1H3,(H,23,24);1H. The third kappa shape index (κ3) is 4.50. The van der Waals surface area contributed by atoms with E-state index in [0.29, 0.717) is 18.7 Å². The molecule has 0 saturated heterocycles. The first kappa shape index (κ1) is 20.1. The number of ether oxygens (including phenoxy) is 1. The van der Waals surface area contributed by atoms with Crippen LogP contribution in [-0.4, -0.2) is 19.6 Å². The summed E-state index contributed by atoms with van der Waals surface area (Å²) in [5.41, 5.74) is 8.57. The summed E-state index contributed by atoms with van der Waals surface area (Å²) in [6.07, 6.45) is 4.91. The molecule has 2 aromatic rings. The first-order valence-corrected chi connectivity index (χ1v) is 8.88. The van der Waals surface area contributed by atoms with E-state index in [1.54, 1.807) is 7.11 Å². The van der Waals surface area contributed by atoms with E-state index in [-0.39, 0.29) is 23.7 Å². The maximum atomic E-state index is 12.4. The lowest BCUT2D eigenvalue weighted by Crippen LogP contribution is -2.39. The summed E-state index contributed by atoms with van der Waals surface area (Å²) in [6, 6.07) is 15.6. The highest BCUT2D eigenvalue weighted by Crippen LogP contribution is 2.44. The van der Waals surface area contributed by atoms with Crippen LogP contribution < -0.4 is 15.8 Å². The first-order chi connectivity index (χ1) is 12.1. The fourth-order valence-corrected chi connectivity index (χ4v) is 3.83. The summed E-state index contributed by atoms with van der Waals surface area (Å²) in [7, 11) is 1.71. The van der Waals surface area contributed by atoms with Crippen molar-refractivity contribution < 1.29 is 9.53 Å². The summed E-state index contributed by atoms with van der Waals surface area (Å²) < 4.78 is 5.57. The summed E-state index contributed by atoms with van der Waals surface area (Å²) in [6.45, 7) is 0.654. The first-order valence-electron chi connectivity index (χ1n) is 8.88. The molecule has 0 unspecified atom stereocenters. The molecule has 3 rings (SSSR count). The molecule has 1 aliphatic rings. The molecule has 0 atom stereocenters. The van der Waals surface area contributed by atoms with Crippen LogP contribution in [0.5, 0.6) is 5.75 Å². The van der Waals surface area contributed by atoms with Gasteiger partial charge in [-0.15, -0.1) is 12.4 Å². The van der Waals surface area contributed by atoms with Gasteiger partial charge in [0, 0.05) is 23.2 Å². The molecule has 0 bridgehead atoms. The predicted molar refractivity (Wildman–Crippen MR) is 108 cm³/mol. The van der Waals surface area contributed by atoms with Gasteiger partial charge in [0.25, 0.3) is 0 Å². The van der Waals surface area contributed by atoms with Gasteiger partial charge in [-0.2, -0.15) is 0 Å². The molecule has 2 aromatic carbocycles. The average Bonchev–Trinajstić information content (AvgIpc) is 3.12. The molecule has 0 radical (unpaired) electrons. The number of para-hydroxylation sites is 1. The molecule has 1 fully saturated rings. The SMILES string of the molecule is COc1ccccc1C1(CNC(=O)Cc2ccc(N)cc2)CCCC1.Cl. The lowest BCUT2D eigenvalue weighted by molar-refractivity contribution is -0.120. The molecule has 3 N–H and O–H groups in total. The van der Waals surface area contributed by atoms with Gasteiger partial charge in [0.1, 0.15) is 5.75 Å². The number of nitrogen functional groups attached to an aromatic ring is 1. The molecule has 0 spiro atoms. The zero-order chi connectivity index (χ0) is 17.7. The lowest BCUT2D eigenvalue weighted by Gasteiger charge is -2.31. The van der Waals surface area contributed by atoms with Crippen LogP contribution in [0.25, 0.3) is 0 Å². The van der Waals surface area contributed by atoms with Crippen LogP contribution in [-0.2, 0) is 16.6 Å². The zero-order valence-electron chi connectivity index (χ0n) is 15.2. The van der Waals surface area contributed by atoms with Crippen LogP contribution in [0.15, 0.2) is 48.5 Å². The minimum absolute atomic E-state index is 0. The van der Waals surface area contributed by atoms with Crippen molar-refractivity contribution >= 4 is 24.0 Å².